The summed E-state index contributed by atoms with van der Waals surface area (Å²) < 4.78 is 0. The van der Waals surface area contributed by atoms with Crippen molar-refractivity contribution in [2.45, 2.75) is 82.7 Å². The van der Waals surface area contributed by atoms with E-state index in [-0.39, 0.29) is 41.8 Å². The molecule has 0 aromatic carbocycles. The van der Waals surface area contributed by atoms with E-state index >= 15 is 0 Å². The van der Waals surface area contributed by atoms with Gasteiger partial charge in [0.15, 0.2) is 11.6 Å². The van der Waals surface area contributed by atoms with Gasteiger partial charge in [0.1, 0.15) is 0 Å². The largest absolute Gasteiger partial charge is 0.392 e. The Morgan fingerprint density at radius 2 is 1.84 bits per heavy atom. The second-order valence-corrected chi connectivity index (χ2v) is 11.7. The van der Waals surface area contributed by atoms with Gasteiger partial charge in [0.05, 0.1) is 30.5 Å². The number of hydrogen-bond acceptors (Lipinski definition) is 7. The van der Waals surface area contributed by atoms with Gasteiger partial charge in [-0.1, -0.05) is 13.8 Å². The van der Waals surface area contributed by atoms with Crippen molar-refractivity contribution in [1.82, 2.24) is 4.90 Å². The van der Waals surface area contributed by atoms with Crippen LogP contribution in [0, 0.1) is 28.6 Å². The van der Waals surface area contributed by atoms with Gasteiger partial charge >= 0.3 is 0 Å². The normalized spacial score (nSPS) is 51.1. The van der Waals surface area contributed by atoms with Gasteiger partial charge in [-0.05, 0) is 67.9 Å². The van der Waals surface area contributed by atoms with Crippen LogP contribution in [0.25, 0.3) is 0 Å². The van der Waals surface area contributed by atoms with Gasteiger partial charge in [-0.15, -0.1) is 0 Å². The van der Waals surface area contributed by atoms with Crippen LogP contribution in [0.3, 0.4) is 0 Å². The number of Topliss-reactive ketones (excluding diaryl/α,β-unsaturated/α-hetero) is 1. The van der Waals surface area contributed by atoms with Crippen molar-refractivity contribution < 1.29 is 30.0 Å². The lowest BCUT2D eigenvalue weighted by atomic mass is 9.46. The number of ketones is 2. The molecule has 4 fully saturated rings. The van der Waals surface area contributed by atoms with Crippen molar-refractivity contribution in [2.24, 2.45) is 28.6 Å². The standard InChI is InChI=1S/C25H37NO6/c1-23-11-21(30)20(29)10-18(23)19(28)9-17-15(23)3-6-24(2)16(4-7-25(17,24)32)22(31)13-26-8-5-14(27)12-26/h9,14-16,18,20-21,27,29-30,32H,3-8,10-13H2,1-2H3/t14?,15?,16-,18+,20-,21+,23-,24-,25-/m1/s1. The molecule has 0 amide bonds. The molecule has 0 aromatic heterocycles. The molecule has 4 aliphatic carbocycles. The molecule has 2 unspecified atom stereocenters. The van der Waals surface area contributed by atoms with Crippen molar-refractivity contribution >= 4 is 11.6 Å². The molecule has 0 aromatic rings. The first-order valence-electron chi connectivity index (χ1n) is 12.3. The molecule has 1 saturated heterocycles. The predicted molar refractivity (Wildman–Crippen MR) is 117 cm³/mol. The second-order valence-electron chi connectivity index (χ2n) is 11.7. The van der Waals surface area contributed by atoms with E-state index in [9.17, 15) is 30.0 Å². The summed E-state index contributed by atoms with van der Waals surface area (Å²) in [6, 6.07) is 0. The predicted octanol–water partition coefficient (Wildman–Crippen LogP) is 0.827. The highest BCUT2D eigenvalue weighted by molar-refractivity contribution is 5.95. The number of aliphatic hydroxyl groups is 4. The van der Waals surface area contributed by atoms with Crippen LogP contribution in [0.15, 0.2) is 11.6 Å². The first kappa shape index (κ1) is 22.7. The summed E-state index contributed by atoms with van der Waals surface area (Å²) in [6.07, 6.45) is 3.32. The minimum Gasteiger partial charge on any atom is -0.392 e. The minimum atomic E-state index is -1.20. The summed E-state index contributed by atoms with van der Waals surface area (Å²) >= 11 is 0. The Hall–Kier alpha value is -1.12. The zero-order valence-corrected chi connectivity index (χ0v) is 19.2. The number of rotatable bonds is 3. The Labute approximate surface area is 189 Å². The van der Waals surface area contributed by atoms with E-state index in [1.54, 1.807) is 6.08 Å². The molecule has 7 nitrogen and oxygen atoms in total. The lowest BCUT2D eigenvalue weighted by Crippen LogP contribution is -2.61. The van der Waals surface area contributed by atoms with Gasteiger partial charge < -0.3 is 20.4 Å². The average Bonchev–Trinajstić information content (AvgIpc) is 3.24. The summed E-state index contributed by atoms with van der Waals surface area (Å²) in [5.74, 6) is -0.593. The van der Waals surface area contributed by atoms with Crippen LogP contribution in [-0.4, -0.2) is 80.4 Å². The lowest BCUT2D eigenvalue weighted by Gasteiger charge is -2.59. The lowest BCUT2D eigenvalue weighted by molar-refractivity contribution is -0.154. The van der Waals surface area contributed by atoms with Gasteiger partial charge in [-0.2, -0.15) is 0 Å². The van der Waals surface area contributed by atoms with Gasteiger partial charge in [0.2, 0.25) is 0 Å². The molecule has 7 heteroatoms. The minimum absolute atomic E-state index is 0.0343. The molecule has 1 aliphatic heterocycles. The van der Waals surface area contributed by atoms with Crippen molar-refractivity contribution in [3.05, 3.63) is 11.6 Å². The molecule has 3 saturated carbocycles. The second kappa shape index (κ2) is 7.44. The van der Waals surface area contributed by atoms with Crippen LogP contribution >= 0.6 is 0 Å². The third-order valence-electron chi connectivity index (χ3n) is 10.1. The summed E-state index contributed by atoms with van der Waals surface area (Å²) in [6.45, 7) is 5.59. The molecule has 5 aliphatic rings. The maximum absolute atomic E-state index is 13.3. The van der Waals surface area contributed by atoms with E-state index in [0.717, 1.165) is 18.5 Å². The molecule has 0 spiro atoms. The van der Waals surface area contributed by atoms with Gasteiger partial charge in [-0.25, -0.2) is 0 Å². The van der Waals surface area contributed by atoms with E-state index < -0.39 is 28.6 Å². The molecule has 32 heavy (non-hydrogen) atoms. The number of carbonyl (C=O) groups is 2. The van der Waals surface area contributed by atoms with Crippen LogP contribution < -0.4 is 0 Å². The van der Waals surface area contributed by atoms with Crippen LogP contribution in [0.5, 0.6) is 0 Å². The fourth-order valence-corrected chi connectivity index (χ4v) is 8.17. The van der Waals surface area contributed by atoms with Crippen molar-refractivity contribution in [3.63, 3.8) is 0 Å². The highest BCUT2D eigenvalue weighted by Crippen LogP contribution is 2.67. The Bertz CT molecular complexity index is 857. The number of likely N-dealkylation sites (tertiary alicyclic amines) is 1. The monoisotopic (exact) mass is 447 g/mol. The molecular weight excluding hydrogens is 410 g/mol. The highest BCUT2D eigenvalue weighted by Gasteiger charge is 2.67. The number of carbonyl (C=O) groups excluding carboxylic acids is 2. The topological polar surface area (TPSA) is 118 Å². The van der Waals surface area contributed by atoms with Crippen LogP contribution in [0.1, 0.15) is 58.8 Å². The summed E-state index contributed by atoms with van der Waals surface area (Å²) in [5.41, 5.74) is -1.57. The quantitative estimate of drug-likeness (QED) is 0.506. The fraction of sp³-hybridized carbons (Fsp3) is 0.840. The number of aliphatic hydroxyl groups excluding tert-OH is 3. The van der Waals surface area contributed by atoms with E-state index in [1.807, 2.05) is 18.7 Å². The summed E-state index contributed by atoms with van der Waals surface area (Å²) in [4.78, 5) is 28.5. The summed E-state index contributed by atoms with van der Waals surface area (Å²) in [5, 5.41) is 42.5. The SMILES string of the molecule is C[C@]12C[C@H](O)[C@H](O)C[C@H]1C(=O)C=C1C2CC[C@]2(C)[C@@H](C(=O)CN3CCC(O)C3)CC[C@@]12O. The Morgan fingerprint density at radius 1 is 1.09 bits per heavy atom. The smallest absolute Gasteiger partial charge is 0.159 e. The van der Waals surface area contributed by atoms with E-state index in [1.165, 1.54) is 0 Å². The number of fused-ring (bicyclic) bond motifs is 5. The number of hydrogen-bond donors (Lipinski definition) is 4. The zero-order valence-electron chi connectivity index (χ0n) is 19.2. The zero-order chi connectivity index (χ0) is 23.1. The Morgan fingerprint density at radius 3 is 2.53 bits per heavy atom. The molecule has 1 heterocycles. The number of β-amino-alcohol motifs (C(OH)–C–C–N with tert-alkyl or cyclic N) is 1. The van der Waals surface area contributed by atoms with Crippen LogP contribution in [-0.2, 0) is 9.59 Å². The molecule has 0 bridgehead atoms. The molecule has 5 rings (SSSR count). The molecule has 0 radical (unpaired) electrons. The fourth-order valence-electron chi connectivity index (χ4n) is 8.17. The average molecular weight is 448 g/mol. The van der Waals surface area contributed by atoms with Crippen molar-refractivity contribution in [1.29, 1.82) is 0 Å². The van der Waals surface area contributed by atoms with Gasteiger partial charge in [-0.3, -0.25) is 14.5 Å². The first-order valence-corrected chi connectivity index (χ1v) is 12.3. The van der Waals surface area contributed by atoms with Crippen molar-refractivity contribution in [2.75, 3.05) is 19.6 Å². The molecule has 9 atom stereocenters. The maximum atomic E-state index is 13.3. The first-order chi connectivity index (χ1) is 15.0. The number of nitrogens with zero attached hydrogens (tertiary/aromatic N) is 1. The highest BCUT2D eigenvalue weighted by atomic mass is 16.3. The summed E-state index contributed by atoms with van der Waals surface area (Å²) in [7, 11) is 0. The molecule has 4 N–H and O–H groups in total. The molecular formula is C25H37NO6. The van der Waals surface area contributed by atoms with Crippen LogP contribution in [0.2, 0.25) is 0 Å². The number of allylic oxidation sites excluding steroid dienone is 1. The Balaban J connectivity index is 1.44. The van der Waals surface area contributed by atoms with Crippen molar-refractivity contribution in [3.8, 4) is 0 Å². The van der Waals surface area contributed by atoms with Gasteiger partial charge in [0, 0.05) is 30.3 Å². The van der Waals surface area contributed by atoms with E-state index in [4.69, 9.17) is 0 Å². The molecule has 178 valence electrons. The van der Waals surface area contributed by atoms with Crippen LogP contribution in [0.4, 0.5) is 0 Å². The maximum Gasteiger partial charge on any atom is 0.159 e. The van der Waals surface area contributed by atoms with E-state index in [0.29, 0.717) is 45.2 Å². The third kappa shape index (κ3) is 3.04. The van der Waals surface area contributed by atoms with Gasteiger partial charge in [0.25, 0.3) is 0 Å². The Kier molecular flexibility index (Phi) is 5.27. The van der Waals surface area contributed by atoms with E-state index in [2.05, 4.69) is 0 Å². The third-order valence-corrected chi connectivity index (χ3v) is 10.1.